The normalized spacial score (nSPS) is 12.0. The van der Waals surface area contributed by atoms with Gasteiger partial charge in [-0.3, -0.25) is 9.59 Å². The minimum atomic E-state index is -0.311. The molecule has 0 heterocycles. The molecule has 0 saturated heterocycles. The third-order valence-electron chi connectivity index (χ3n) is 4.39. The van der Waals surface area contributed by atoms with Gasteiger partial charge in [-0.1, -0.05) is 71.9 Å². The zero-order chi connectivity index (χ0) is 18.7. The topological polar surface area (TPSA) is 52.6 Å². The second-order valence-electron chi connectivity index (χ2n) is 6.89. The van der Waals surface area contributed by atoms with Gasteiger partial charge in [0, 0.05) is 6.42 Å². The molecule has 4 nitrogen and oxygen atoms in total. The molecule has 0 aromatic heterocycles. The van der Waals surface area contributed by atoms with Gasteiger partial charge in [0.15, 0.2) is 11.5 Å². The predicted molar refractivity (Wildman–Crippen MR) is 99.7 cm³/mol. The molecule has 0 bridgehead atoms. The lowest BCUT2D eigenvalue weighted by Gasteiger charge is -2.15. The molecule has 0 fully saturated rings. The fourth-order valence-corrected chi connectivity index (χ4v) is 2.32. The fourth-order valence-electron chi connectivity index (χ4n) is 2.32. The van der Waals surface area contributed by atoms with Gasteiger partial charge in [-0.05, 0) is 24.5 Å². The molecular formula is C21H32O4. The highest BCUT2D eigenvalue weighted by Gasteiger charge is 2.21. The van der Waals surface area contributed by atoms with Crippen LogP contribution in [0.1, 0.15) is 72.6 Å². The summed E-state index contributed by atoms with van der Waals surface area (Å²) in [6.07, 6.45) is 7.09. The van der Waals surface area contributed by atoms with E-state index in [0.29, 0.717) is 17.9 Å². The second-order valence-corrected chi connectivity index (χ2v) is 6.89. The minimum absolute atomic E-state index is 0.190. The Morgan fingerprint density at radius 2 is 1.44 bits per heavy atom. The van der Waals surface area contributed by atoms with Crippen molar-refractivity contribution in [2.24, 2.45) is 11.8 Å². The Hall–Kier alpha value is -1.84. The van der Waals surface area contributed by atoms with Crippen molar-refractivity contribution in [1.29, 1.82) is 0 Å². The smallest absolute Gasteiger partial charge is 0.314 e. The molecule has 0 aliphatic carbocycles. The summed E-state index contributed by atoms with van der Waals surface area (Å²) >= 11 is 0. The van der Waals surface area contributed by atoms with E-state index in [2.05, 4.69) is 6.92 Å². The number of esters is 2. The van der Waals surface area contributed by atoms with E-state index in [1.807, 2.05) is 20.8 Å². The van der Waals surface area contributed by atoms with Crippen LogP contribution in [0, 0.1) is 11.8 Å². The quantitative estimate of drug-likeness (QED) is 0.299. The van der Waals surface area contributed by atoms with Crippen LogP contribution in [0.15, 0.2) is 24.3 Å². The Morgan fingerprint density at radius 3 is 2.04 bits per heavy atom. The number of hydrogen-bond donors (Lipinski definition) is 0. The van der Waals surface area contributed by atoms with Crippen molar-refractivity contribution in [3.05, 3.63) is 24.3 Å². The Bertz CT molecular complexity index is 536. The van der Waals surface area contributed by atoms with Gasteiger partial charge in [0.05, 0.1) is 5.92 Å². The minimum Gasteiger partial charge on any atom is -0.423 e. The van der Waals surface area contributed by atoms with Crippen LogP contribution in [0.25, 0.3) is 0 Å². The first-order valence-corrected chi connectivity index (χ1v) is 9.47. The van der Waals surface area contributed by atoms with Gasteiger partial charge in [0.2, 0.25) is 0 Å². The number of carbonyl (C=O) groups is 2. The van der Waals surface area contributed by atoms with Crippen molar-refractivity contribution in [3.63, 3.8) is 0 Å². The van der Waals surface area contributed by atoms with E-state index < -0.39 is 0 Å². The van der Waals surface area contributed by atoms with Gasteiger partial charge < -0.3 is 9.47 Å². The summed E-state index contributed by atoms with van der Waals surface area (Å²) < 4.78 is 10.8. The van der Waals surface area contributed by atoms with Crippen LogP contribution in [-0.4, -0.2) is 11.9 Å². The lowest BCUT2D eigenvalue weighted by Crippen LogP contribution is -2.22. The molecule has 1 unspecified atom stereocenters. The lowest BCUT2D eigenvalue weighted by molar-refractivity contribution is -0.141. The number of ether oxygens (including phenoxy) is 2. The Kier molecular flexibility index (Phi) is 9.90. The van der Waals surface area contributed by atoms with E-state index in [1.165, 1.54) is 19.3 Å². The number of unbranched alkanes of at least 4 members (excludes halogenated alkanes) is 5. The maximum atomic E-state index is 12.1. The average Bonchev–Trinajstić information content (AvgIpc) is 2.58. The Balaban J connectivity index is 2.50. The number of hydrogen-bond acceptors (Lipinski definition) is 4. The van der Waals surface area contributed by atoms with Crippen molar-refractivity contribution in [3.8, 4) is 11.5 Å². The average molecular weight is 348 g/mol. The highest BCUT2D eigenvalue weighted by atomic mass is 16.6. The fraction of sp³-hybridized carbons (Fsp3) is 0.619. The van der Waals surface area contributed by atoms with Gasteiger partial charge in [-0.15, -0.1) is 0 Å². The van der Waals surface area contributed by atoms with Crippen molar-refractivity contribution in [1.82, 2.24) is 0 Å². The van der Waals surface area contributed by atoms with Crippen LogP contribution in [-0.2, 0) is 9.59 Å². The van der Waals surface area contributed by atoms with Crippen molar-refractivity contribution in [2.45, 2.75) is 72.6 Å². The molecule has 0 saturated carbocycles. The van der Waals surface area contributed by atoms with Gasteiger partial charge in [0.1, 0.15) is 0 Å². The van der Waals surface area contributed by atoms with E-state index in [1.54, 1.807) is 24.3 Å². The summed E-state index contributed by atoms with van der Waals surface area (Å²) in [7, 11) is 0. The molecular weight excluding hydrogens is 316 g/mol. The molecule has 0 amide bonds. The number of para-hydroxylation sites is 2. The predicted octanol–water partition coefficient (Wildman–Crippen LogP) is 5.54. The van der Waals surface area contributed by atoms with Crippen molar-refractivity contribution >= 4 is 11.9 Å². The molecule has 1 atom stereocenters. The van der Waals surface area contributed by atoms with Crippen molar-refractivity contribution < 1.29 is 19.1 Å². The van der Waals surface area contributed by atoms with Gasteiger partial charge in [0.25, 0.3) is 0 Å². The lowest BCUT2D eigenvalue weighted by atomic mass is 9.99. The van der Waals surface area contributed by atoms with E-state index in [4.69, 9.17) is 9.47 Å². The molecule has 25 heavy (non-hydrogen) atoms. The zero-order valence-electron chi connectivity index (χ0n) is 16.0. The number of carbonyl (C=O) groups excluding carboxylic acids is 2. The molecule has 4 heteroatoms. The standard InChI is InChI=1S/C21H32O4/c1-5-6-7-8-9-10-15-20(22)24-18-13-11-12-14-19(18)25-21(23)17(4)16(2)3/h11-14,16-17H,5-10,15H2,1-4H3. The molecule has 1 rings (SSSR count). The summed E-state index contributed by atoms with van der Waals surface area (Å²) in [5.41, 5.74) is 0. The molecule has 0 aliphatic heterocycles. The highest BCUT2D eigenvalue weighted by molar-refractivity contribution is 5.77. The molecule has 0 aliphatic rings. The maximum absolute atomic E-state index is 12.1. The van der Waals surface area contributed by atoms with Crippen LogP contribution < -0.4 is 9.47 Å². The van der Waals surface area contributed by atoms with Gasteiger partial charge >= 0.3 is 11.9 Å². The first-order chi connectivity index (χ1) is 12.0. The first kappa shape index (κ1) is 21.2. The third kappa shape index (κ3) is 8.19. The summed E-state index contributed by atoms with van der Waals surface area (Å²) in [5, 5.41) is 0. The summed E-state index contributed by atoms with van der Waals surface area (Å²) in [6, 6.07) is 6.82. The largest absolute Gasteiger partial charge is 0.423 e. The Morgan fingerprint density at radius 1 is 0.880 bits per heavy atom. The van der Waals surface area contributed by atoms with Crippen LogP contribution in [0.3, 0.4) is 0 Å². The van der Waals surface area contributed by atoms with E-state index in [-0.39, 0.29) is 23.8 Å². The number of rotatable bonds is 11. The van der Waals surface area contributed by atoms with Crippen LogP contribution in [0.5, 0.6) is 11.5 Å². The number of benzene rings is 1. The summed E-state index contributed by atoms with van der Waals surface area (Å²) in [4.78, 5) is 24.1. The molecule has 0 N–H and O–H groups in total. The summed E-state index contributed by atoms with van der Waals surface area (Å²) in [6.45, 7) is 7.96. The van der Waals surface area contributed by atoms with Crippen LogP contribution in [0.4, 0.5) is 0 Å². The van der Waals surface area contributed by atoms with E-state index >= 15 is 0 Å². The Labute approximate surface area is 151 Å². The maximum Gasteiger partial charge on any atom is 0.314 e. The third-order valence-corrected chi connectivity index (χ3v) is 4.39. The molecule has 1 aromatic carbocycles. The highest BCUT2D eigenvalue weighted by Crippen LogP contribution is 2.28. The van der Waals surface area contributed by atoms with Gasteiger partial charge in [-0.2, -0.15) is 0 Å². The monoisotopic (exact) mass is 348 g/mol. The molecule has 140 valence electrons. The molecule has 1 aromatic rings. The summed E-state index contributed by atoms with van der Waals surface area (Å²) in [5.74, 6) is -0.00814. The van der Waals surface area contributed by atoms with Crippen LogP contribution >= 0.6 is 0 Å². The first-order valence-electron chi connectivity index (χ1n) is 9.47. The zero-order valence-corrected chi connectivity index (χ0v) is 16.0. The van der Waals surface area contributed by atoms with Crippen LogP contribution in [0.2, 0.25) is 0 Å². The van der Waals surface area contributed by atoms with Crippen molar-refractivity contribution in [2.75, 3.05) is 0 Å². The molecule has 0 radical (unpaired) electrons. The molecule has 0 spiro atoms. The van der Waals surface area contributed by atoms with E-state index in [0.717, 1.165) is 19.3 Å². The SMILES string of the molecule is CCCCCCCCC(=O)Oc1ccccc1OC(=O)C(C)C(C)C. The van der Waals surface area contributed by atoms with Gasteiger partial charge in [-0.25, -0.2) is 0 Å². The van der Waals surface area contributed by atoms with E-state index in [9.17, 15) is 9.59 Å². The second kappa shape index (κ2) is 11.7.